The number of nitrogens with one attached hydrogen (secondary N) is 1. The molecule has 2 aromatic rings. The van der Waals surface area contributed by atoms with E-state index in [0.29, 0.717) is 19.2 Å². The molecule has 2 unspecified atom stereocenters. The third-order valence-electron chi connectivity index (χ3n) is 6.82. The van der Waals surface area contributed by atoms with Gasteiger partial charge in [0.1, 0.15) is 11.9 Å². The quantitative estimate of drug-likeness (QED) is 0.707. The second-order valence-corrected chi connectivity index (χ2v) is 9.17. The van der Waals surface area contributed by atoms with Crippen molar-refractivity contribution >= 4 is 11.9 Å². The standard InChI is InChI=1S/C23H31FN6O3/c1-15-13-30-9-6-19(28-22(31)20-3-2-10-32-20)18(21(30)27-15)14-33-17-4-7-29(8-5-17)23-25-11-16(24)12-26-23/h11-13,17-20H,2-10,14H2,1H3,(H,28,31)/t18?,19?,20-/m0/s1. The Labute approximate surface area is 192 Å². The Morgan fingerprint density at radius 2 is 2.00 bits per heavy atom. The summed E-state index contributed by atoms with van der Waals surface area (Å²) in [6.07, 6.45) is 8.48. The van der Waals surface area contributed by atoms with Crippen molar-refractivity contribution < 1.29 is 18.7 Å². The van der Waals surface area contributed by atoms with Crippen LogP contribution in [0.15, 0.2) is 18.6 Å². The van der Waals surface area contributed by atoms with E-state index in [-0.39, 0.29) is 30.1 Å². The normalized spacial score (nSPS) is 25.8. The lowest BCUT2D eigenvalue weighted by Gasteiger charge is -2.36. The van der Waals surface area contributed by atoms with Crippen molar-refractivity contribution in [1.29, 1.82) is 0 Å². The van der Waals surface area contributed by atoms with E-state index in [0.717, 1.165) is 63.3 Å². The molecule has 1 amide bonds. The molecule has 0 aromatic carbocycles. The van der Waals surface area contributed by atoms with Gasteiger partial charge in [0.2, 0.25) is 11.9 Å². The van der Waals surface area contributed by atoms with Gasteiger partial charge in [0.25, 0.3) is 0 Å². The monoisotopic (exact) mass is 458 g/mol. The zero-order valence-corrected chi connectivity index (χ0v) is 19.0. The van der Waals surface area contributed by atoms with E-state index in [9.17, 15) is 9.18 Å². The predicted molar refractivity (Wildman–Crippen MR) is 118 cm³/mol. The minimum Gasteiger partial charge on any atom is -0.377 e. The van der Waals surface area contributed by atoms with Crippen LogP contribution in [0.4, 0.5) is 10.3 Å². The summed E-state index contributed by atoms with van der Waals surface area (Å²) in [6.45, 7) is 5.50. The maximum Gasteiger partial charge on any atom is 0.249 e. The summed E-state index contributed by atoms with van der Waals surface area (Å²) >= 11 is 0. The third-order valence-corrected chi connectivity index (χ3v) is 6.82. The van der Waals surface area contributed by atoms with Crippen molar-refractivity contribution in [3.63, 3.8) is 0 Å². The highest BCUT2D eigenvalue weighted by atomic mass is 19.1. The first-order valence-corrected chi connectivity index (χ1v) is 11.9. The zero-order chi connectivity index (χ0) is 22.8. The Morgan fingerprint density at radius 1 is 1.21 bits per heavy atom. The molecular formula is C23H31FN6O3. The SMILES string of the molecule is Cc1cn2c(n1)C(COC1CCN(c3ncc(F)cn3)CC1)C(NC(=O)[C@@H]1CCCO1)CC2. The lowest BCUT2D eigenvalue weighted by atomic mass is 9.92. The van der Waals surface area contributed by atoms with Crippen LogP contribution >= 0.6 is 0 Å². The van der Waals surface area contributed by atoms with Crippen molar-refractivity contribution in [3.8, 4) is 0 Å². The van der Waals surface area contributed by atoms with E-state index in [1.807, 2.05) is 6.92 Å². The van der Waals surface area contributed by atoms with Crippen LogP contribution in [0, 0.1) is 12.7 Å². The molecule has 0 radical (unpaired) electrons. The number of nitrogens with zero attached hydrogens (tertiary/aromatic N) is 5. The number of aryl methyl sites for hydroxylation is 2. The average molecular weight is 459 g/mol. The first-order chi connectivity index (χ1) is 16.1. The van der Waals surface area contributed by atoms with Crippen molar-refractivity contribution in [3.05, 3.63) is 35.9 Å². The number of fused-ring (bicyclic) bond motifs is 1. The first kappa shape index (κ1) is 22.2. The van der Waals surface area contributed by atoms with Crippen LogP contribution in [0.25, 0.3) is 0 Å². The molecule has 3 aliphatic heterocycles. The number of hydrogen-bond acceptors (Lipinski definition) is 7. The highest BCUT2D eigenvalue weighted by molar-refractivity contribution is 5.81. The van der Waals surface area contributed by atoms with Gasteiger partial charge in [0.05, 0.1) is 36.7 Å². The molecule has 0 bridgehead atoms. The fraction of sp³-hybridized carbons (Fsp3) is 0.652. The Bertz CT molecular complexity index is 954. The number of ether oxygens (including phenoxy) is 2. The molecule has 2 fully saturated rings. The van der Waals surface area contributed by atoms with Gasteiger partial charge in [-0.3, -0.25) is 4.79 Å². The fourth-order valence-corrected chi connectivity index (χ4v) is 5.05. The molecular weight excluding hydrogens is 427 g/mol. The van der Waals surface area contributed by atoms with Gasteiger partial charge < -0.3 is 24.3 Å². The van der Waals surface area contributed by atoms with Crippen LogP contribution in [-0.4, -0.2) is 70.0 Å². The van der Waals surface area contributed by atoms with Crippen molar-refractivity contribution in [2.75, 3.05) is 31.2 Å². The lowest BCUT2D eigenvalue weighted by molar-refractivity contribution is -0.131. The van der Waals surface area contributed by atoms with Gasteiger partial charge in [-0.15, -0.1) is 0 Å². The third kappa shape index (κ3) is 5.01. The summed E-state index contributed by atoms with van der Waals surface area (Å²) in [5, 5.41) is 3.23. The molecule has 9 nitrogen and oxygen atoms in total. The van der Waals surface area contributed by atoms with Crippen LogP contribution in [0.1, 0.15) is 49.5 Å². The molecule has 3 atom stereocenters. The Kier molecular flexibility index (Phi) is 6.55. The molecule has 5 heterocycles. The molecule has 1 N–H and O–H groups in total. The number of anilines is 1. The Balaban J connectivity index is 1.20. The molecule has 0 aliphatic carbocycles. The summed E-state index contributed by atoms with van der Waals surface area (Å²) in [5.41, 5.74) is 0.980. The first-order valence-electron chi connectivity index (χ1n) is 11.9. The van der Waals surface area contributed by atoms with Gasteiger partial charge >= 0.3 is 0 Å². The molecule has 178 valence electrons. The lowest BCUT2D eigenvalue weighted by Crippen LogP contribution is -2.48. The number of carbonyl (C=O) groups is 1. The van der Waals surface area contributed by atoms with E-state index >= 15 is 0 Å². The van der Waals surface area contributed by atoms with Gasteiger partial charge in [-0.1, -0.05) is 0 Å². The maximum absolute atomic E-state index is 13.1. The highest BCUT2D eigenvalue weighted by Crippen LogP contribution is 2.30. The van der Waals surface area contributed by atoms with Gasteiger partial charge in [0, 0.05) is 38.5 Å². The summed E-state index contributed by atoms with van der Waals surface area (Å²) in [4.78, 5) is 27.7. The van der Waals surface area contributed by atoms with Gasteiger partial charge in [-0.05, 0) is 39.0 Å². The van der Waals surface area contributed by atoms with Gasteiger partial charge in [-0.25, -0.2) is 19.3 Å². The Hall–Kier alpha value is -2.59. The smallest absolute Gasteiger partial charge is 0.249 e. The van der Waals surface area contributed by atoms with E-state index in [4.69, 9.17) is 14.5 Å². The molecule has 10 heteroatoms. The summed E-state index contributed by atoms with van der Waals surface area (Å²) in [7, 11) is 0. The maximum atomic E-state index is 13.1. The Morgan fingerprint density at radius 3 is 2.73 bits per heavy atom. The average Bonchev–Trinajstić information content (AvgIpc) is 3.49. The minimum atomic E-state index is -0.431. The van der Waals surface area contributed by atoms with Gasteiger partial charge in [-0.2, -0.15) is 0 Å². The molecule has 2 saturated heterocycles. The molecule has 2 aromatic heterocycles. The summed E-state index contributed by atoms with van der Waals surface area (Å²) in [5.74, 6) is 1.08. The number of amides is 1. The van der Waals surface area contributed by atoms with E-state index in [2.05, 4.69) is 30.9 Å². The molecule has 3 aliphatic rings. The van der Waals surface area contributed by atoms with Crippen LogP contribution in [0.5, 0.6) is 0 Å². The number of halogens is 1. The predicted octanol–water partition coefficient (Wildman–Crippen LogP) is 1.96. The van der Waals surface area contributed by atoms with Crippen LogP contribution in [0.3, 0.4) is 0 Å². The summed E-state index contributed by atoms with van der Waals surface area (Å²) < 4.78 is 27.2. The van der Waals surface area contributed by atoms with Crippen LogP contribution < -0.4 is 10.2 Å². The molecule has 0 spiro atoms. The fourth-order valence-electron chi connectivity index (χ4n) is 5.05. The minimum absolute atomic E-state index is 0.00346. The molecule has 5 rings (SSSR count). The molecule has 33 heavy (non-hydrogen) atoms. The number of aromatic nitrogens is 4. The van der Waals surface area contributed by atoms with E-state index < -0.39 is 5.82 Å². The second-order valence-electron chi connectivity index (χ2n) is 9.17. The largest absolute Gasteiger partial charge is 0.377 e. The number of imidazole rings is 1. The van der Waals surface area contributed by atoms with Gasteiger partial charge in [0.15, 0.2) is 5.82 Å². The highest BCUT2D eigenvalue weighted by Gasteiger charge is 2.36. The number of rotatable bonds is 6. The second kappa shape index (κ2) is 9.72. The van der Waals surface area contributed by atoms with Crippen molar-refractivity contribution in [2.45, 2.75) is 69.7 Å². The van der Waals surface area contributed by atoms with Crippen molar-refractivity contribution in [1.82, 2.24) is 24.8 Å². The van der Waals surface area contributed by atoms with E-state index in [1.165, 1.54) is 12.4 Å². The number of carbonyl (C=O) groups excluding carboxylic acids is 1. The van der Waals surface area contributed by atoms with Crippen molar-refractivity contribution in [2.24, 2.45) is 0 Å². The zero-order valence-electron chi connectivity index (χ0n) is 19.0. The number of piperidine rings is 1. The topological polar surface area (TPSA) is 94.4 Å². The van der Waals surface area contributed by atoms with E-state index in [1.54, 1.807) is 0 Å². The van der Waals surface area contributed by atoms with Crippen LogP contribution in [-0.2, 0) is 20.8 Å². The molecule has 0 saturated carbocycles. The number of hydrogen-bond donors (Lipinski definition) is 1. The summed E-state index contributed by atoms with van der Waals surface area (Å²) in [6, 6.07) is -0.0243. The van der Waals surface area contributed by atoms with Crippen LogP contribution in [0.2, 0.25) is 0 Å².